The molecule has 1 rings (SSSR count). The summed E-state index contributed by atoms with van der Waals surface area (Å²) in [5.41, 5.74) is 0.207. The summed E-state index contributed by atoms with van der Waals surface area (Å²) in [7, 11) is 0. The molecule has 0 radical (unpaired) electrons. The number of hydrogen-bond donors (Lipinski definition) is 2. The first kappa shape index (κ1) is 14.3. The van der Waals surface area contributed by atoms with Gasteiger partial charge in [0.2, 0.25) is 5.91 Å². The Hall–Kier alpha value is -1.77. The van der Waals surface area contributed by atoms with E-state index in [4.69, 9.17) is 28.5 Å². The highest BCUT2D eigenvalue weighted by Crippen LogP contribution is 2.18. The third kappa shape index (κ3) is 4.24. The lowest BCUT2D eigenvalue weighted by Crippen LogP contribution is -2.46. The summed E-state index contributed by atoms with van der Waals surface area (Å²) in [5, 5.41) is 13.9. The molecule has 1 aromatic carbocycles. The van der Waals surface area contributed by atoms with Crippen molar-refractivity contribution in [2.24, 2.45) is 0 Å². The highest BCUT2D eigenvalue weighted by Gasteiger charge is 2.14. The molecule has 1 unspecified atom stereocenters. The molecule has 1 atom stereocenters. The predicted molar refractivity (Wildman–Crippen MR) is 67.1 cm³/mol. The van der Waals surface area contributed by atoms with Crippen molar-refractivity contribution >= 4 is 35.0 Å². The highest BCUT2D eigenvalue weighted by molar-refractivity contribution is 6.35. The number of nitrogens with one attached hydrogen (secondary N) is 2. The Kier molecular flexibility index (Phi) is 4.95. The second kappa shape index (κ2) is 6.24. The van der Waals surface area contributed by atoms with E-state index in [1.54, 1.807) is 6.07 Å². The zero-order valence-corrected chi connectivity index (χ0v) is 10.8. The molecule has 0 aliphatic heterocycles. The van der Waals surface area contributed by atoms with E-state index in [0.717, 1.165) is 0 Å². The Bertz CT molecular complexity index is 505. The lowest BCUT2D eigenvalue weighted by atomic mass is 10.2. The molecule has 2 amide bonds. The second-order valence-corrected chi connectivity index (χ2v) is 4.27. The van der Waals surface area contributed by atoms with Crippen molar-refractivity contribution in [2.75, 3.05) is 0 Å². The van der Waals surface area contributed by atoms with Gasteiger partial charge in [-0.05, 0) is 18.2 Å². The lowest BCUT2D eigenvalue weighted by molar-refractivity contribution is -0.119. The molecule has 7 heteroatoms. The minimum atomic E-state index is -1.10. The van der Waals surface area contributed by atoms with Crippen molar-refractivity contribution in [3.05, 3.63) is 33.8 Å². The quantitative estimate of drug-likeness (QED) is 0.830. The summed E-state index contributed by atoms with van der Waals surface area (Å²) in [5.74, 6) is -0.981. The van der Waals surface area contributed by atoms with Gasteiger partial charge in [-0.15, -0.1) is 0 Å². The van der Waals surface area contributed by atoms with Crippen LogP contribution < -0.4 is 10.6 Å². The SMILES string of the molecule is CC(=O)NC(C#N)NC(=O)c1cc(Cl)cc(Cl)c1. The normalized spacial score (nSPS) is 11.2. The highest BCUT2D eigenvalue weighted by atomic mass is 35.5. The Labute approximate surface area is 114 Å². The zero-order valence-electron chi connectivity index (χ0n) is 9.33. The fraction of sp³-hybridized carbons (Fsp3) is 0.182. The summed E-state index contributed by atoms with van der Waals surface area (Å²) < 4.78 is 0. The molecule has 2 N–H and O–H groups in total. The van der Waals surface area contributed by atoms with Gasteiger partial charge in [0, 0.05) is 22.5 Å². The van der Waals surface area contributed by atoms with Crippen LogP contribution in [0.3, 0.4) is 0 Å². The number of benzene rings is 1. The van der Waals surface area contributed by atoms with E-state index in [1.165, 1.54) is 25.1 Å². The molecular weight excluding hydrogens is 277 g/mol. The molecule has 0 saturated carbocycles. The standard InChI is InChI=1S/C11H9Cl2N3O2/c1-6(17)15-10(5-14)16-11(18)7-2-8(12)4-9(13)3-7/h2-4,10H,1H3,(H,15,17)(H,16,18). The van der Waals surface area contributed by atoms with Gasteiger partial charge in [0.1, 0.15) is 6.07 Å². The van der Waals surface area contributed by atoms with Crippen molar-refractivity contribution in [1.29, 1.82) is 5.26 Å². The number of carbonyl (C=O) groups is 2. The van der Waals surface area contributed by atoms with Gasteiger partial charge in [-0.25, -0.2) is 0 Å². The van der Waals surface area contributed by atoms with Gasteiger partial charge in [-0.3, -0.25) is 9.59 Å². The topological polar surface area (TPSA) is 82.0 Å². The maximum absolute atomic E-state index is 11.8. The first-order valence-corrected chi connectivity index (χ1v) is 5.61. The third-order valence-electron chi connectivity index (χ3n) is 1.88. The van der Waals surface area contributed by atoms with E-state index in [9.17, 15) is 9.59 Å². The molecule has 0 fully saturated rings. The third-order valence-corrected chi connectivity index (χ3v) is 2.31. The number of hydrogen-bond acceptors (Lipinski definition) is 3. The summed E-state index contributed by atoms with van der Waals surface area (Å²) in [6.07, 6.45) is -1.10. The number of rotatable bonds is 3. The van der Waals surface area contributed by atoms with Crippen molar-refractivity contribution in [3.8, 4) is 6.07 Å². The summed E-state index contributed by atoms with van der Waals surface area (Å²) >= 11 is 11.5. The molecule has 1 aromatic rings. The average Bonchev–Trinajstić information content (AvgIpc) is 2.26. The summed E-state index contributed by atoms with van der Waals surface area (Å²) in [6, 6.07) is 6.03. The summed E-state index contributed by atoms with van der Waals surface area (Å²) in [6.45, 7) is 1.24. The molecular formula is C11H9Cl2N3O2. The molecule has 5 nitrogen and oxygen atoms in total. The number of carbonyl (C=O) groups excluding carboxylic acids is 2. The summed E-state index contributed by atoms with van der Waals surface area (Å²) in [4.78, 5) is 22.6. The smallest absolute Gasteiger partial charge is 0.253 e. The van der Waals surface area contributed by atoms with Crippen molar-refractivity contribution < 1.29 is 9.59 Å². The maximum Gasteiger partial charge on any atom is 0.253 e. The number of nitrogens with zero attached hydrogens (tertiary/aromatic N) is 1. The van der Waals surface area contributed by atoms with Crippen LogP contribution in [-0.2, 0) is 4.79 Å². The molecule has 0 heterocycles. The van der Waals surface area contributed by atoms with Crippen LogP contribution in [0.25, 0.3) is 0 Å². The second-order valence-electron chi connectivity index (χ2n) is 3.39. The van der Waals surface area contributed by atoms with Gasteiger partial charge in [0.25, 0.3) is 5.91 Å². The minimum Gasteiger partial charge on any atom is -0.324 e. The molecule has 0 spiro atoms. The van der Waals surface area contributed by atoms with Crippen LogP contribution in [0.2, 0.25) is 10.0 Å². The Morgan fingerprint density at radius 1 is 1.22 bits per heavy atom. The van der Waals surface area contributed by atoms with Gasteiger partial charge in [-0.1, -0.05) is 23.2 Å². The fourth-order valence-electron chi connectivity index (χ4n) is 1.20. The Morgan fingerprint density at radius 3 is 2.22 bits per heavy atom. The van der Waals surface area contributed by atoms with E-state index >= 15 is 0 Å². The fourth-order valence-corrected chi connectivity index (χ4v) is 1.73. The van der Waals surface area contributed by atoms with E-state index in [1.807, 2.05) is 0 Å². The number of amides is 2. The zero-order chi connectivity index (χ0) is 13.7. The number of halogens is 2. The van der Waals surface area contributed by atoms with Crippen LogP contribution in [0.1, 0.15) is 17.3 Å². The predicted octanol–water partition coefficient (Wildman–Crippen LogP) is 1.71. The van der Waals surface area contributed by atoms with E-state index in [2.05, 4.69) is 10.6 Å². The van der Waals surface area contributed by atoms with Crippen LogP contribution in [0.15, 0.2) is 18.2 Å². The molecule has 0 aliphatic carbocycles. The average molecular weight is 286 g/mol. The molecule has 0 aliphatic rings. The largest absolute Gasteiger partial charge is 0.324 e. The van der Waals surface area contributed by atoms with Crippen molar-refractivity contribution in [1.82, 2.24) is 10.6 Å². The Morgan fingerprint density at radius 2 is 1.78 bits per heavy atom. The van der Waals surface area contributed by atoms with Crippen molar-refractivity contribution in [3.63, 3.8) is 0 Å². The van der Waals surface area contributed by atoms with Crippen LogP contribution >= 0.6 is 23.2 Å². The first-order valence-electron chi connectivity index (χ1n) is 4.86. The molecule has 0 aromatic heterocycles. The van der Waals surface area contributed by atoms with Gasteiger partial charge >= 0.3 is 0 Å². The first-order chi connectivity index (χ1) is 8.42. The Balaban J connectivity index is 2.81. The molecule has 0 saturated heterocycles. The van der Waals surface area contributed by atoms with E-state index in [0.29, 0.717) is 10.0 Å². The lowest BCUT2D eigenvalue weighted by Gasteiger charge is -2.12. The molecule has 94 valence electrons. The van der Waals surface area contributed by atoms with E-state index in [-0.39, 0.29) is 5.56 Å². The van der Waals surface area contributed by atoms with Crippen molar-refractivity contribution in [2.45, 2.75) is 13.1 Å². The maximum atomic E-state index is 11.8. The van der Waals surface area contributed by atoms with Gasteiger partial charge in [0.15, 0.2) is 6.17 Å². The number of nitriles is 1. The molecule has 0 bridgehead atoms. The van der Waals surface area contributed by atoms with Gasteiger partial charge < -0.3 is 10.6 Å². The van der Waals surface area contributed by atoms with Crippen LogP contribution in [0.5, 0.6) is 0 Å². The van der Waals surface area contributed by atoms with Crippen LogP contribution in [0.4, 0.5) is 0 Å². The van der Waals surface area contributed by atoms with Gasteiger partial charge in [-0.2, -0.15) is 5.26 Å². The minimum absolute atomic E-state index is 0.207. The van der Waals surface area contributed by atoms with Crippen LogP contribution in [-0.4, -0.2) is 18.0 Å². The van der Waals surface area contributed by atoms with Crippen LogP contribution in [0, 0.1) is 11.3 Å². The van der Waals surface area contributed by atoms with E-state index < -0.39 is 18.0 Å². The molecule has 18 heavy (non-hydrogen) atoms. The van der Waals surface area contributed by atoms with Gasteiger partial charge in [0.05, 0.1) is 0 Å². The monoisotopic (exact) mass is 285 g/mol.